The Bertz CT molecular complexity index is 660. The molecule has 3 heterocycles. The maximum absolute atomic E-state index is 12.9. The topological polar surface area (TPSA) is 36.7 Å². The highest BCUT2D eigenvalue weighted by Crippen LogP contribution is 2.31. The van der Waals surface area contributed by atoms with E-state index >= 15 is 0 Å². The average molecular weight is 298 g/mol. The minimum absolute atomic E-state index is 0.0546. The van der Waals surface area contributed by atoms with E-state index in [0.717, 1.165) is 36.9 Å². The van der Waals surface area contributed by atoms with Crippen LogP contribution in [0.1, 0.15) is 36.2 Å². The number of nitrogens with zero attached hydrogens (tertiary/aromatic N) is 2. The Balaban J connectivity index is 1.60. The number of hydrogen-bond acceptors (Lipinski definition) is 3. The van der Waals surface area contributed by atoms with Gasteiger partial charge in [0, 0.05) is 24.0 Å². The van der Waals surface area contributed by atoms with Gasteiger partial charge in [-0.05, 0) is 51.4 Å². The van der Waals surface area contributed by atoms with Crippen molar-refractivity contribution in [3.8, 4) is 0 Å². The van der Waals surface area contributed by atoms with Gasteiger partial charge >= 0.3 is 0 Å². The number of rotatable bonds is 2. The fourth-order valence-electron chi connectivity index (χ4n) is 4.10. The van der Waals surface area contributed by atoms with E-state index in [0.29, 0.717) is 17.8 Å². The Kier molecular flexibility index (Phi) is 3.41. The summed E-state index contributed by atoms with van der Waals surface area (Å²) >= 11 is 0. The van der Waals surface area contributed by atoms with Gasteiger partial charge in [0.05, 0.1) is 0 Å². The summed E-state index contributed by atoms with van der Waals surface area (Å²) in [6, 6.07) is 10.5. The van der Waals surface area contributed by atoms with Gasteiger partial charge in [-0.25, -0.2) is 0 Å². The second-order valence-corrected chi connectivity index (χ2v) is 6.55. The van der Waals surface area contributed by atoms with Gasteiger partial charge < -0.3 is 14.2 Å². The molecule has 2 aliphatic rings. The third kappa shape index (κ3) is 2.22. The summed E-state index contributed by atoms with van der Waals surface area (Å²) in [6.07, 6.45) is 4.65. The Labute approximate surface area is 130 Å². The molecule has 4 rings (SSSR count). The first-order chi connectivity index (χ1) is 10.7. The molecule has 2 fully saturated rings. The Hall–Kier alpha value is -1.81. The van der Waals surface area contributed by atoms with E-state index in [1.165, 1.54) is 12.8 Å². The van der Waals surface area contributed by atoms with E-state index in [2.05, 4.69) is 11.9 Å². The van der Waals surface area contributed by atoms with Gasteiger partial charge in [0.2, 0.25) is 0 Å². The second kappa shape index (κ2) is 5.43. The molecule has 116 valence electrons. The van der Waals surface area contributed by atoms with Crippen LogP contribution >= 0.6 is 0 Å². The summed E-state index contributed by atoms with van der Waals surface area (Å²) in [5.41, 5.74) is 0.791. The van der Waals surface area contributed by atoms with Gasteiger partial charge in [-0.15, -0.1) is 0 Å². The first-order valence-corrected chi connectivity index (χ1v) is 8.24. The second-order valence-electron chi connectivity index (χ2n) is 6.55. The molecule has 0 radical (unpaired) electrons. The van der Waals surface area contributed by atoms with Gasteiger partial charge in [0.15, 0.2) is 5.76 Å². The molecule has 0 saturated carbocycles. The third-order valence-electron chi connectivity index (χ3n) is 5.22. The number of carbonyl (C=O) groups excluding carboxylic acids is 1. The molecule has 1 aromatic heterocycles. The molecule has 0 N–H and O–H groups in total. The summed E-state index contributed by atoms with van der Waals surface area (Å²) in [5.74, 6) is 0.535. The number of likely N-dealkylation sites (N-methyl/N-ethyl adjacent to an activating group) is 1. The molecule has 4 heteroatoms. The number of benzene rings is 1. The molecule has 4 nitrogen and oxygen atoms in total. The summed E-state index contributed by atoms with van der Waals surface area (Å²) in [6.45, 7) is 2.00. The number of likely N-dealkylation sites (tertiary alicyclic amines) is 2. The highest BCUT2D eigenvalue weighted by molar-refractivity contribution is 5.96. The lowest BCUT2D eigenvalue weighted by Crippen LogP contribution is -2.47. The molecule has 1 aromatic carbocycles. The van der Waals surface area contributed by atoms with Crippen LogP contribution in [0.5, 0.6) is 0 Å². The minimum Gasteiger partial charge on any atom is -0.451 e. The summed E-state index contributed by atoms with van der Waals surface area (Å²) in [7, 11) is 2.18. The van der Waals surface area contributed by atoms with Gasteiger partial charge in [-0.3, -0.25) is 4.79 Å². The van der Waals surface area contributed by atoms with Crippen molar-refractivity contribution < 1.29 is 9.21 Å². The van der Waals surface area contributed by atoms with Crippen LogP contribution in [0, 0.1) is 0 Å². The zero-order chi connectivity index (χ0) is 15.1. The molecule has 22 heavy (non-hydrogen) atoms. The largest absolute Gasteiger partial charge is 0.451 e. The lowest BCUT2D eigenvalue weighted by atomic mass is 10.0. The van der Waals surface area contributed by atoms with E-state index in [1.807, 2.05) is 35.2 Å². The predicted molar refractivity (Wildman–Crippen MR) is 85.9 cm³/mol. The molecule has 0 aliphatic carbocycles. The smallest absolute Gasteiger partial charge is 0.289 e. The normalized spacial score (nSPS) is 26.1. The van der Waals surface area contributed by atoms with Crippen LogP contribution in [0.4, 0.5) is 0 Å². The molecular weight excluding hydrogens is 276 g/mol. The van der Waals surface area contributed by atoms with Crippen molar-refractivity contribution in [2.45, 2.75) is 37.8 Å². The van der Waals surface area contributed by atoms with Crippen LogP contribution in [-0.2, 0) is 0 Å². The molecule has 2 atom stereocenters. The zero-order valence-corrected chi connectivity index (χ0v) is 13.0. The number of furan rings is 1. The fraction of sp³-hybridized carbons (Fsp3) is 0.500. The lowest BCUT2D eigenvalue weighted by Gasteiger charge is -2.32. The molecule has 2 saturated heterocycles. The highest BCUT2D eigenvalue weighted by Gasteiger charge is 2.39. The standard InChI is InChI=1S/C18H22N2O2/c1-19-10-4-7-14(19)15-8-5-11-20(15)18(21)17-12-13-6-2-3-9-16(13)22-17/h2-3,6,9,12,14-15H,4-5,7-8,10-11H2,1H3/t14-,15+/m1/s1. The van der Waals surface area contributed by atoms with Crippen molar-refractivity contribution in [3.05, 3.63) is 36.1 Å². The van der Waals surface area contributed by atoms with Crippen LogP contribution < -0.4 is 0 Å². The van der Waals surface area contributed by atoms with E-state index in [9.17, 15) is 4.79 Å². The fourth-order valence-corrected chi connectivity index (χ4v) is 4.10. The lowest BCUT2D eigenvalue weighted by molar-refractivity contribution is 0.0635. The van der Waals surface area contributed by atoms with E-state index in [-0.39, 0.29) is 5.91 Å². The third-order valence-corrected chi connectivity index (χ3v) is 5.22. The molecule has 2 aromatic rings. The van der Waals surface area contributed by atoms with Crippen LogP contribution in [0.3, 0.4) is 0 Å². The first kappa shape index (κ1) is 13.8. The van der Waals surface area contributed by atoms with Crippen molar-refractivity contribution in [3.63, 3.8) is 0 Å². The molecular formula is C18H22N2O2. The van der Waals surface area contributed by atoms with Gasteiger partial charge in [-0.1, -0.05) is 18.2 Å². The molecule has 0 spiro atoms. The van der Waals surface area contributed by atoms with Crippen molar-refractivity contribution in [2.75, 3.05) is 20.1 Å². The summed E-state index contributed by atoms with van der Waals surface area (Å²) < 4.78 is 5.78. The van der Waals surface area contributed by atoms with Crippen molar-refractivity contribution >= 4 is 16.9 Å². The van der Waals surface area contributed by atoms with Gasteiger partial charge in [0.1, 0.15) is 5.58 Å². The highest BCUT2D eigenvalue weighted by atomic mass is 16.3. The number of para-hydroxylation sites is 1. The quantitative estimate of drug-likeness (QED) is 0.854. The summed E-state index contributed by atoms with van der Waals surface area (Å²) in [4.78, 5) is 17.4. The van der Waals surface area contributed by atoms with Gasteiger partial charge in [-0.2, -0.15) is 0 Å². The van der Waals surface area contributed by atoms with Crippen molar-refractivity contribution in [1.82, 2.24) is 9.80 Å². The van der Waals surface area contributed by atoms with Crippen molar-refractivity contribution in [1.29, 1.82) is 0 Å². The number of carbonyl (C=O) groups is 1. The van der Waals surface area contributed by atoms with Gasteiger partial charge in [0.25, 0.3) is 5.91 Å². The maximum Gasteiger partial charge on any atom is 0.289 e. The Morgan fingerprint density at radius 1 is 1.14 bits per heavy atom. The van der Waals surface area contributed by atoms with E-state index in [4.69, 9.17) is 4.42 Å². The van der Waals surface area contributed by atoms with Crippen LogP contribution in [-0.4, -0.2) is 47.9 Å². The number of hydrogen-bond donors (Lipinski definition) is 0. The maximum atomic E-state index is 12.9. The van der Waals surface area contributed by atoms with Crippen LogP contribution in [0.15, 0.2) is 34.7 Å². The number of amides is 1. The summed E-state index contributed by atoms with van der Waals surface area (Å²) in [5, 5.41) is 1.000. The van der Waals surface area contributed by atoms with Crippen LogP contribution in [0.2, 0.25) is 0 Å². The SMILES string of the molecule is CN1CCC[C@@H]1[C@@H]1CCCN1C(=O)c1cc2ccccc2o1. The molecule has 0 unspecified atom stereocenters. The van der Waals surface area contributed by atoms with E-state index < -0.39 is 0 Å². The Morgan fingerprint density at radius 3 is 2.68 bits per heavy atom. The van der Waals surface area contributed by atoms with Crippen molar-refractivity contribution in [2.24, 2.45) is 0 Å². The zero-order valence-electron chi connectivity index (χ0n) is 13.0. The monoisotopic (exact) mass is 298 g/mol. The average Bonchev–Trinajstić information content (AvgIpc) is 3.24. The van der Waals surface area contributed by atoms with Crippen LogP contribution in [0.25, 0.3) is 11.0 Å². The Morgan fingerprint density at radius 2 is 1.91 bits per heavy atom. The molecule has 2 aliphatic heterocycles. The first-order valence-electron chi connectivity index (χ1n) is 8.24. The minimum atomic E-state index is 0.0546. The predicted octanol–water partition coefficient (Wildman–Crippen LogP) is 3.13. The van der Waals surface area contributed by atoms with E-state index in [1.54, 1.807) is 0 Å². The number of fused-ring (bicyclic) bond motifs is 1. The molecule has 1 amide bonds. The molecule has 0 bridgehead atoms.